The van der Waals surface area contributed by atoms with Gasteiger partial charge < -0.3 is 23.8 Å². The van der Waals surface area contributed by atoms with Crippen molar-refractivity contribution in [2.75, 3.05) is 47.7 Å². The van der Waals surface area contributed by atoms with Crippen molar-refractivity contribution >= 4 is 5.91 Å². The molecule has 1 aromatic heterocycles. The summed E-state index contributed by atoms with van der Waals surface area (Å²) in [5.41, 5.74) is 3.42. The number of ether oxygens (including phenoxy) is 4. The molecule has 194 valence electrons. The van der Waals surface area contributed by atoms with Gasteiger partial charge in [-0.3, -0.25) is 9.48 Å². The van der Waals surface area contributed by atoms with Crippen molar-refractivity contribution in [2.45, 2.75) is 63.8 Å². The van der Waals surface area contributed by atoms with Gasteiger partial charge in [0.25, 0.3) is 0 Å². The molecular formula is C27H41N3O5. The summed E-state index contributed by atoms with van der Waals surface area (Å²) in [6, 6.07) is 8.70. The fourth-order valence-corrected chi connectivity index (χ4v) is 4.57. The third-order valence-electron chi connectivity index (χ3n) is 6.62. The maximum atomic E-state index is 13.0. The van der Waals surface area contributed by atoms with Crippen LogP contribution in [0.4, 0.5) is 0 Å². The van der Waals surface area contributed by atoms with E-state index in [9.17, 15) is 4.79 Å². The maximum absolute atomic E-state index is 13.0. The van der Waals surface area contributed by atoms with E-state index in [0.717, 1.165) is 36.9 Å². The first kappa shape index (κ1) is 27.3. The molecule has 0 atom stereocenters. The van der Waals surface area contributed by atoms with Crippen LogP contribution in [-0.2, 0) is 36.7 Å². The first-order valence-corrected chi connectivity index (χ1v) is 12.7. The van der Waals surface area contributed by atoms with Gasteiger partial charge in [0, 0.05) is 39.1 Å². The van der Waals surface area contributed by atoms with E-state index < -0.39 is 6.29 Å². The van der Waals surface area contributed by atoms with Crippen LogP contribution in [0.1, 0.15) is 44.1 Å². The van der Waals surface area contributed by atoms with Gasteiger partial charge in [-0.1, -0.05) is 43.5 Å². The summed E-state index contributed by atoms with van der Waals surface area (Å²) in [7, 11) is 4.92. The van der Waals surface area contributed by atoms with Crippen LogP contribution in [0.3, 0.4) is 0 Å². The lowest BCUT2D eigenvalue weighted by molar-refractivity contribution is -0.151. The normalized spacial score (nSPS) is 14.5. The molecule has 0 unspecified atom stereocenters. The molecule has 8 heteroatoms. The van der Waals surface area contributed by atoms with Gasteiger partial charge in [-0.2, -0.15) is 5.10 Å². The predicted octanol–water partition coefficient (Wildman–Crippen LogP) is 3.93. The minimum absolute atomic E-state index is 0.114. The van der Waals surface area contributed by atoms with Crippen LogP contribution in [0.25, 0.3) is 11.1 Å². The molecule has 0 bridgehead atoms. The SMILES string of the molecule is COCCn1cc(-c2cccc(CCOCCC(=O)N(CC(OC)OC)C3CCCCC3)c2)cn1. The van der Waals surface area contributed by atoms with E-state index in [-0.39, 0.29) is 11.9 Å². The third kappa shape index (κ3) is 8.72. The minimum atomic E-state index is -0.402. The van der Waals surface area contributed by atoms with Crippen LogP contribution in [0.2, 0.25) is 0 Å². The zero-order valence-electron chi connectivity index (χ0n) is 21.5. The first-order chi connectivity index (χ1) is 17.1. The lowest BCUT2D eigenvalue weighted by atomic mass is 9.94. The van der Waals surface area contributed by atoms with E-state index in [4.69, 9.17) is 18.9 Å². The van der Waals surface area contributed by atoms with E-state index in [1.807, 2.05) is 22.0 Å². The van der Waals surface area contributed by atoms with E-state index >= 15 is 0 Å². The molecule has 1 heterocycles. The van der Waals surface area contributed by atoms with Crippen molar-refractivity contribution in [1.29, 1.82) is 0 Å². The number of nitrogens with zero attached hydrogens (tertiary/aromatic N) is 3. The Labute approximate surface area is 209 Å². The fourth-order valence-electron chi connectivity index (χ4n) is 4.57. The van der Waals surface area contributed by atoms with Crippen LogP contribution in [0.15, 0.2) is 36.7 Å². The van der Waals surface area contributed by atoms with Crippen molar-refractivity contribution in [3.63, 3.8) is 0 Å². The minimum Gasteiger partial charge on any atom is -0.383 e. The van der Waals surface area contributed by atoms with Crippen LogP contribution in [0.5, 0.6) is 0 Å². The molecule has 1 amide bonds. The Hall–Kier alpha value is -2.26. The fraction of sp³-hybridized carbons (Fsp3) is 0.630. The Bertz CT molecular complexity index is 877. The molecule has 0 aliphatic heterocycles. The van der Waals surface area contributed by atoms with Crippen molar-refractivity contribution in [3.8, 4) is 11.1 Å². The van der Waals surface area contributed by atoms with Gasteiger partial charge in [-0.15, -0.1) is 0 Å². The van der Waals surface area contributed by atoms with Crippen LogP contribution >= 0.6 is 0 Å². The van der Waals surface area contributed by atoms with Crippen molar-refractivity contribution in [3.05, 3.63) is 42.2 Å². The summed E-state index contributed by atoms with van der Waals surface area (Å²) in [5, 5.41) is 4.40. The zero-order chi connectivity index (χ0) is 24.9. The van der Waals surface area contributed by atoms with Crippen LogP contribution in [0, 0.1) is 0 Å². The molecule has 0 saturated heterocycles. The summed E-state index contributed by atoms with van der Waals surface area (Å²) in [4.78, 5) is 15.0. The molecule has 8 nitrogen and oxygen atoms in total. The largest absolute Gasteiger partial charge is 0.383 e. The second-order valence-electron chi connectivity index (χ2n) is 9.04. The number of benzene rings is 1. The molecule has 1 saturated carbocycles. The van der Waals surface area contributed by atoms with E-state index in [2.05, 4.69) is 29.4 Å². The quantitative estimate of drug-likeness (QED) is 0.280. The molecular weight excluding hydrogens is 446 g/mol. The molecule has 1 aromatic carbocycles. The van der Waals surface area contributed by atoms with Gasteiger partial charge in [0.2, 0.25) is 5.91 Å². The van der Waals surface area contributed by atoms with Gasteiger partial charge in [0.1, 0.15) is 0 Å². The van der Waals surface area contributed by atoms with Gasteiger partial charge in [0.05, 0.1) is 45.5 Å². The van der Waals surface area contributed by atoms with Gasteiger partial charge >= 0.3 is 0 Å². The summed E-state index contributed by atoms with van der Waals surface area (Å²) >= 11 is 0. The molecule has 1 aliphatic rings. The van der Waals surface area contributed by atoms with Crippen molar-refractivity contribution in [2.24, 2.45) is 0 Å². The molecule has 0 N–H and O–H groups in total. The summed E-state index contributed by atoms with van der Waals surface area (Å²) in [5.74, 6) is 0.114. The van der Waals surface area contributed by atoms with Gasteiger partial charge in [-0.05, 0) is 30.4 Å². The molecule has 2 aromatic rings. The van der Waals surface area contributed by atoms with E-state index in [1.54, 1.807) is 21.3 Å². The van der Waals surface area contributed by atoms with Crippen LogP contribution in [-0.4, -0.2) is 80.6 Å². The highest BCUT2D eigenvalue weighted by Gasteiger charge is 2.27. The Balaban J connectivity index is 1.45. The summed E-state index contributed by atoms with van der Waals surface area (Å²) in [6.45, 7) is 2.83. The highest BCUT2D eigenvalue weighted by atomic mass is 16.7. The second-order valence-corrected chi connectivity index (χ2v) is 9.04. The molecule has 35 heavy (non-hydrogen) atoms. The van der Waals surface area contributed by atoms with E-state index in [0.29, 0.717) is 32.8 Å². The molecule has 3 rings (SSSR count). The molecule has 0 spiro atoms. The average Bonchev–Trinajstić information content (AvgIpc) is 3.38. The van der Waals surface area contributed by atoms with E-state index in [1.165, 1.54) is 24.8 Å². The summed E-state index contributed by atoms with van der Waals surface area (Å²) in [6.07, 6.45) is 10.4. The number of amides is 1. The number of carbonyl (C=O) groups excluding carboxylic acids is 1. The Morgan fingerprint density at radius 1 is 1.09 bits per heavy atom. The number of carbonyl (C=O) groups is 1. The Kier molecular flexibility index (Phi) is 11.7. The number of rotatable bonds is 15. The lowest BCUT2D eigenvalue weighted by Gasteiger charge is -2.36. The lowest BCUT2D eigenvalue weighted by Crippen LogP contribution is -2.46. The van der Waals surface area contributed by atoms with Gasteiger partial charge in [-0.25, -0.2) is 0 Å². The highest BCUT2D eigenvalue weighted by Crippen LogP contribution is 2.24. The number of hydrogen-bond acceptors (Lipinski definition) is 6. The smallest absolute Gasteiger partial charge is 0.225 e. The Morgan fingerprint density at radius 2 is 1.89 bits per heavy atom. The third-order valence-corrected chi connectivity index (χ3v) is 6.62. The topological polar surface area (TPSA) is 75.1 Å². The maximum Gasteiger partial charge on any atom is 0.225 e. The zero-order valence-corrected chi connectivity index (χ0v) is 21.5. The molecule has 0 radical (unpaired) electrons. The summed E-state index contributed by atoms with van der Waals surface area (Å²) < 4.78 is 23.6. The van der Waals surface area contributed by atoms with Gasteiger partial charge in [0.15, 0.2) is 6.29 Å². The monoisotopic (exact) mass is 487 g/mol. The standard InChI is InChI=1S/C27H41N3O5/c1-32-17-14-29-20-24(19-28-29)23-9-7-8-22(18-23)12-15-35-16-13-26(31)30(21-27(33-2)34-3)25-10-5-4-6-11-25/h7-9,18-20,25,27H,4-6,10-17,21H2,1-3H3. The number of hydrogen-bond donors (Lipinski definition) is 0. The number of aromatic nitrogens is 2. The first-order valence-electron chi connectivity index (χ1n) is 12.7. The Morgan fingerprint density at radius 3 is 2.63 bits per heavy atom. The number of methoxy groups -OCH3 is 3. The molecule has 1 fully saturated rings. The molecule has 1 aliphatic carbocycles. The average molecular weight is 488 g/mol. The van der Waals surface area contributed by atoms with Crippen molar-refractivity contribution in [1.82, 2.24) is 14.7 Å². The predicted molar refractivity (Wildman–Crippen MR) is 135 cm³/mol. The highest BCUT2D eigenvalue weighted by molar-refractivity contribution is 5.76. The second kappa shape index (κ2) is 15.0. The van der Waals surface area contributed by atoms with Crippen molar-refractivity contribution < 1.29 is 23.7 Å². The van der Waals surface area contributed by atoms with Crippen LogP contribution < -0.4 is 0 Å².